The Bertz CT molecular complexity index is 1290. The Morgan fingerprint density at radius 2 is 1.84 bits per heavy atom. The number of aromatic nitrogens is 2. The van der Waals surface area contributed by atoms with E-state index in [9.17, 15) is 18.0 Å². The molecule has 0 radical (unpaired) electrons. The van der Waals surface area contributed by atoms with Gasteiger partial charge in [0.05, 0.1) is 11.2 Å². The molecule has 2 N–H and O–H groups in total. The van der Waals surface area contributed by atoms with Crippen LogP contribution < -0.4 is 5.32 Å². The van der Waals surface area contributed by atoms with E-state index in [1.807, 2.05) is 0 Å². The van der Waals surface area contributed by atoms with E-state index in [1.165, 1.54) is 18.2 Å². The quantitative estimate of drug-likeness (QED) is 0.442. The number of carbonyl (C=O) groups is 1. The molecule has 158 valence electrons. The minimum atomic E-state index is -0.695. The molecule has 2 aromatic heterocycles. The van der Waals surface area contributed by atoms with Gasteiger partial charge >= 0.3 is 0 Å². The first-order chi connectivity index (χ1) is 14.9. The summed E-state index contributed by atoms with van der Waals surface area (Å²) >= 11 is 0. The topological polar surface area (TPSA) is 70.9 Å². The predicted molar refractivity (Wildman–Crippen MR) is 109 cm³/mol. The third-order valence-electron chi connectivity index (χ3n) is 5.79. The van der Waals surface area contributed by atoms with Gasteiger partial charge in [0.25, 0.3) is 0 Å². The maximum Gasteiger partial charge on any atom is 0.228 e. The summed E-state index contributed by atoms with van der Waals surface area (Å²) in [5, 5.41) is 6.92. The van der Waals surface area contributed by atoms with Crippen molar-refractivity contribution < 1.29 is 22.5 Å². The van der Waals surface area contributed by atoms with Crippen LogP contribution in [0.2, 0.25) is 0 Å². The molecule has 0 saturated heterocycles. The number of fused-ring (bicyclic) bond motifs is 1. The number of hydrogen-bond acceptors (Lipinski definition) is 3. The number of hydrogen-bond donors (Lipinski definition) is 2. The first-order valence-corrected chi connectivity index (χ1v) is 9.90. The number of aryl methyl sites for hydroxylation is 1. The van der Waals surface area contributed by atoms with Crippen molar-refractivity contribution in [3.8, 4) is 11.3 Å². The minimum absolute atomic E-state index is 0.0789. The first kappa shape index (κ1) is 19.4. The Balaban J connectivity index is 1.47. The molecule has 1 amide bonds. The van der Waals surface area contributed by atoms with Crippen LogP contribution >= 0.6 is 0 Å². The van der Waals surface area contributed by atoms with E-state index in [0.29, 0.717) is 41.1 Å². The number of aromatic amines is 1. The van der Waals surface area contributed by atoms with E-state index in [-0.39, 0.29) is 29.1 Å². The third kappa shape index (κ3) is 3.48. The molecule has 5 rings (SSSR count). The maximum absolute atomic E-state index is 14.4. The second-order valence-electron chi connectivity index (χ2n) is 7.91. The van der Waals surface area contributed by atoms with Crippen LogP contribution in [0.25, 0.3) is 22.2 Å². The van der Waals surface area contributed by atoms with E-state index in [1.54, 1.807) is 25.1 Å². The fourth-order valence-corrected chi connectivity index (χ4v) is 4.23. The number of anilines is 1. The van der Waals surface area contributed by atoms with Gasteiger partial charge in [-0.2, -0.15) is 0 Å². The van der Waals surface area contributed by atoms with Gasteiger partial charge in [-0.05, 0) is 67.1 Å². The van der Waals surface area contributed by atoms with Crippen LogP contribution in [0.3, 0.4) is 0 Å². The van der Waals surface area contributed by atoms with Crippen LogP contribution in [0.4, 0.5) is 19.0 Å². The zero-order valence-electron chi connectivity index (χ0n) is 16.5. The van der Waals surface area contributed by atoms with Crippen molar-refractivity contribution in [2.24, 2.45) is 5.92 Å². The summed E-state index contributed by atoms with van der Waals surface area (Å²) in [6, 6.07) is 9.57. The number of nitrogens with one attached hydrogen (secondary N) is 2. The summed E-state index contributed by atoms with van der Waals surface area (Å²) in [6.07, 6.45) is 1.03. The van der Waals surface area contributed by atoms with Crippen LogP contribution in [-0.2, 0) is 4.79 Å². The van der Waals surface area contributed by atoms with E-state index in [2.05, 4.69) is 15.5 Å². The summed E-state index contributed by atoms with van der Waals surface area (Å²) in [4.78, 5) is 15.6. The molecular weight excluding hydrogens is 407 g/mol. The number of carbonyl (C=O) groups excluding carboxylic acids is 1. The highest BCUT2D eigenvalue weighted by atomic mass is 19.1. The molecule has 5 nitrogen and oxygen atoms in total. The molecule has 0 spiro atoms. The Kier molecular flexibility index (Phi) is 4.57. The summed E-state index contributed by atoms with van der Waals surface area (Å²) in [5.74, 6) is -1.32. The number of amides is 1. The van der Waals surface area contributed by atoms with Gasteiger partial charge in [-0.3, -0.25) is 4.79 Å². The Morgan fingerprint density at radius 1 is 1.10 bits per heavy atom. The predicted octanol–water partition coefficient (Wildman–Crippen LogP) is 5.68. The lowest BCUT2D eigenvalue weighted by Crippen LogP contribution is -2.33. The van der Waals surface area contributed by atoms with Crippen LogP contribution in [0.1, 0.15) is 30.1 Å². The van der Waals surface area contributed by atoms with Gasteiger partial charge in [0.15, 0.2) is 5.82 Å². The molecular formula is C23H18F3N3O2. The Labute approximate surface area is 175 Å². The van der Waals surface area contributed by atoms with Gasteiger partial charge in [-0.1, -0.05) is 5.16 Å². The average molecular weight is 425 g/mol. The van der Waals surface area contributed by atoms with Gasteiger partial charge in [0.2, 0.25) is 5.91 Å². The largest absolute Gasteiger partial charge is 0.360 e. The molecule has 2 heterocycles. The van der Waals surface area contributed by atoms with Crippen LogP contribution in [0, 0.1) is 30.3 Å². The second-order valence-corrected chi connectivity index (χ2v) is 7.91. The minimum Gasteiger partial charge on any atom is -0.360 e. The molecule has 0 bridgehead atoms. The molecule has 31 heavy (non-hydrogen) atoms. The van der Waals surface area contributed by atoms with Gasteiger partial charge in [-0.25, -0.2) is 13.2 Å². The second kappa shape index (κ2) is 7.30. The normalized spacial score (nSPS) is 18.2. The average Bonchev–Trinajstić information content (AvgIpc) is 3.25. The zero-order chi connectivity index (χ0) is 21.7. The highest BCUT2D eigenvalue weighted by Crippen LogP contribution is 2.48. The molecule has 0 atom stereocenters. The van der Waals surface area contributed by atoms with Crippen molar-refractivity contribution in [2.45, 2.75) is 25.7 Å². The van der Waals surface area contributed by atoms with Crippen molar-refractivity contribution >= 4 is 22.6 Å². The van der Waals surface area contributed by atoms with Gasteiger partial charge < -0.3 is 14.8 Å². The van der Waals surface area contributed by atoms with E-state index >= 15 is 0 Å². The van der Waals surface area contributed by atoms with Crippen LogP contribution in [0.15, 0.2) is 47.0 Å². The van der Waals surface area contributed by atoms with Crippen LogP contribution in [0.5, 0.6) is 0 Å². The standard InChI is InChI=1S/C23H18F3N3O2/c1-11-6-19(29-31-11)27-23(30)14-7-13(8-14)20-17-9-16(25)10-18(26)22(17)28-21(20)12-2-4-15(24)5-3-12/h2-6,9-10,13-14,28H,7-8H2,1H3,(H,27,29,30). The zero-order valence-corrected chi connectivity index (χ0v) is 16.5. The lowest BCUT2D eigenvalue weighted by Gasteiger charge is -2.34. The third-order valence-corrected chi connectivity index (χ3v) is 5.79. The number of halogens is 3. The van der Waals surface area contributed by atoms with E-state index < -0.39 is 11.6 Å². The van der Waals surface area contributed by atoms with Crippen molar-refractivity contribution in [3.05, 3.63) is 71.2 Å². The number of nitrogens with zero attached hydrogens (tertiary/aromatic N) is 1. The van der Waals surface area contributed by atoms with E-state index in [0.717, 1.165) is 11.6 Å². The van der Waals surface area contributed by atoms with Crippen molar-refractivity contribution in [3.63, 3.8) is 0 Å². The highest BCUT2D eigenvalue weighted by molar-refractivity contribution is 5.95. The molecule has 1 saturated carbocycles. The lowest BCUT2D eigenvalue weighted by atomic mass is 9.70. The number of rotatable bonds is 4. The fraction of sp³-hybridized carbons (Fsp3) is 0.217. The molecule has 0 unspecified atom stereocenters. The summed E-state index contributed by atoms with van der Waals surface area (Å²) in [7, 11) is 0. The van der Waals surface area contributed by atoms with E-state index in [4.69, 9.17) is 4.52 Å². The molecule has 8 heteroatoms. The summed E-state index contributed by atoms with van der Waals surface area (Å²) in [6.45, 7) is 1.73. The summed E-state index contributed by atoms with van der Waals surface area (Å²) in [5.41, 5.74) is 2.21. The molecule has 2 aromatic carbocycles. The van der Waals surface area contributed by atoms with Crippen molar-refractivity contribution in [1.82, 2.24) is 10.1 Å². The first-order valence-electron chi connectivity index (χ1n) is 9.90. The van der Waals surface area contributed by atoms with Gasteiger partial charge in [-0.15, -0.1) is 0 Å². The highest BCUT2D eigenvalue weighted by Gasteiger charge is 2.38. The molecule has 0 aliphatic heterocycles. The maximum atomic E-state index is 14.4. The molecule has 1 aliphatic carbocycles. The summed E-state index contributed by atoms with van der Waals surface area (Å²) < 4.78 is 46.8. The molecule has 1 aliphatic rings. The van der Waals surface area contributed by atoms with Gasteiger partial charge in [0, 0.05) is 23.4 Å². The van der Waals surface area contributed by atoms with Gasteiger partial charge in [0.1, 0.15) is 23.2 Å². The fourth-order valence-electron chi connectivity index (χ4n) is 4.23. The SMILES string of the molecule is Cc1cc(NC(=O)C2CC(c3c(-c4ccc(F)cc4)[nH]c4c(F)cc(F)cc34)C2)no1. The lowest BCUT2D eigenvalue weighted by molar-refractivity contribution is -0.122. The number of H-pyrrole nitrogens is 1. The van der Waals surface area contributed by atoms with Crippen molar-refractivity contribution in [1.29, 1.82) is 0 Å². The monoisotopic (exact) mass is 425 g/mol. The molecule has 4 aromatic rings. The van der Waals surface area contributed by atoms with Crippen LogP contribution in [-0.4, -0.2) is 16.0 Å². The Hall–Kier alpha value is -3.55. The smallest absolute Gasteiger partial charge is 0.228 e. The number of benzene rings is 2. The molecule has 1 fully saturated rings. The Morgan fingerprint density at radius 3 is 2.52 bits per heavy atom. The van der Waals surface area contributed by atoms with Crippen molar-refractivity contribution in [2.75, 3.05) is 5.32 Å².